The van der Waals surface area contributed by atoms with Crippen molar-refractivity contribution in [2.24, 2.45) is 0 Å². The van der Waals surface area contributed by atoms with Crippen molar-refractivity contribution in [3.63, 3.8) is 0 Å². The van der Waals surface area contributed by atoms with Gasteiger partial charge in [-0.3, -0.25) is 0 Å². The van der Waals surface area contributed by atoms with Gasteiger partial charge < -0.3 is 4.74 Å². The van der Waals surface area contributed by atoms with Crippen molar-refractivity contribution in [3.8, 4) is 5.75 Å². The van der Waals surface area contributed by atoms with E-state index in [1.807, 2.05) is 11.8 Å². The van der Waals surface area contributed by atoms with Crippen LogP contribution in [0.25, 0.3) is 0 Å². The molecular formula is C13H20OS. The molecule has 0 atom stereocenters. The molecule has 1 nitrogen and oxygen atoms in total. The lowest BCUT2D eigenvalue weighted by Gasteiger charge is -2.07. The fraction of sp³-hybridized carbons (Fsp3) is 0.538. The second-order valence-electron chi connectivity index (χ2n) is 3.87. The van der Waals surface area contributed by atoms with Crippen molar-refractivity contribution in [2.45, 2.75) is 26.7 Å². The van der Waals surface area contributed by atoms with E-state index < -0.39 is 0 Å². The van der Waals surface area contributed by atoms with Crippen LogP contribution in [-0.4, -0.2) is 18.6 Å². The average Bonchev–Trinajstić information content (AvgIpc) is 2.16. The van der Waals surface area contributed by atoms with Crippen LogP contribution >= 0.6 is 11.8 Å². The van der Waals surface area contributed by atoms with Gasteiger partial charge in [0.05, 0.1) is 6.61 Å². The lowest BCUT2D eigenvalue weighted by molar-refractivity contribution is 0.309. The SMILES string of the molecule is CSCCCCOc1cc(C)cc(C)c1. The first-order valence-corrected chi connectivity index (χ1v) is 6.82. The molecule has 0 saturated carbocycles. The van der Waals surface area contributed by atoms with Crippen LogP contribution in [0.4, 0.5) is 0 Å². The van der Waals surface area contributed by atoms with Crippen LogP contribution in [0.3, 0.4) is 0 Å². The third-order valence-electron chi connectivity index (χ3n) is 2.21. The molecular weight excluding hydrogens is 204 g/mol. The second kappa shape index (κ2) is 6.78. The predicted molar refractivity (Wildman–Crippen MR) is 69.0 cm³/mol. The molecule has 1 rings (SSSR count). The minimum Gasteiger partial charge on any atom is -0.494 e. The molecule has 0 bridgehead atoms. The molecule has 15 heavy (non-hydrogen) atoms. The molecule has 0 saturated heterocycles. The minimum absolute atomic E-state index is 0.837. The molecule has 1 aromatic carbocycles. The Morgan fingerprint density at radius 1 is 1.07 bits per heavy atom. The van der Waals surface area contributed by atoms with E-state index in [0.717, 1.165) is 18.8 Å². The summed E-state index contributed by atoms with van der Waals surface area (Å²) in [7, 11) is 0. The normalized spacial score (nSPS) is 10.3. The zero-order valence-corrected chi connectivity index (χ0v) is 10.7. The molecule has 1 aromatic rings. The Hall–Kier alpha value is -0.630. The van der Waals surface area contributed by atoms with Crippen LogP contribution < -0.4 is 4.74 Å². The number of hydrogen-bond donors (Lipinski definition) is 0. The Balaban J connectivity index is 2.31. The van der Waals surface area contributed by atoms with Gasteiger partial charge >= 0.3 is 0 Å². The van der Waals surface area contributed by atoms with Gasteiger partial charge in [0.15, 0.2) is 0 Å². The summed E-state index contributed by atoms with van der Waals surface area (Å²) < 4.78 is 5.70. The summed E-state index contributed by atoms with van der Waals surface area (Å²) in [5.74, 6) is 2.24. The predicted octanol–water partition coefficient (Wildman–Crippen LogP) is 3.83. The molecule has 0 aliphatic carbocycles. The molecule has 0 radical (unpaired) electrons. The van der Waals surface area contributed by atoms with Crippen LogP contribution in [0.1, 0.15) is 24.0 Å². The highest BCUT2D eigenvalue weighted by molar-refractivity contribution is 7.98. The quantitative estimate of drug-likeness (QED) is 0.679. The zero-order valence-electron chi connectivity index (χ0n) is 9.88. The van der Waals surface area contributed by atoms with Crippen molar-refractivity contribution >= 4 is 11.8 Å². The van der Waals surface area contributed by atoms with Crippen molar-refractivity contribution in [3.05, 3.63) is 29.3 Å². The van der Waals surface area contributed by atoms with Gasteiger partial charge in [-0.25, -0.2) is 0 Å². The summed E-state index contributed by atoms with van der Waals surface area (Å²) in [6.07, 6.45) is 4.53. The van der Waals surface area contributed by atoms with Crippen molar-refractivity contribution in [2.75, 3.05) is 18.6 Å². The van der Waals surface area contributed by atoms with Gasteiger partial charge in [0.25, 0.3) is 0 Å². The van der Waals surface area contributed by atoms with Gasteiger partial charge in [-0.2, -0.15) is 11.8 Å². The van der Waals surface area contributed by atoms with E-state index in [0.29, 0.717) is 0 Å². The molecule has 0 amide bonds. The Kier molecular flexibility index (Phi) is 5.62. The number of ether oxygens (including phenoxy) is 1. The molecule has 0 fully saturated rings. The van der Waals surface area contributed by atoms with Gasteiger partial charge in [0, 0.05) is 0 Å². The van der Waals surface area contributed by atoms with Crippen LogP contribution in [-0.2, 0) is 0 Å². The fourth-order valence-electron chi connectivity index (χ4n) is 1.55. The summed E-state index contributed by atoms with van der Waals surface area (Å²) >= 11 is 1.90. The average molecular weight is 224 g/mol. The lowest BCUT2D eigenvalue weighted by atomic mass is 10.1. The molecule has 0 N–H and O–H groups in total. The van der Waals surface area contributed by atoms with E-state index in [9.17, 15) is 0 Å². The third-order valence-corrected chi connectivity index (χ3v) is 2.90. The summed E-state index contributed by atoms with van der Waals surface area (Å²) in [6, 6.07) is 6.36. The second-order valence-corrected chi connectivity index (χ2v) is 4.86. The maximum atomic E-state index is 5.70. The van der Waals surface area contributed by atoms with Gasteiger partial charge in [-0.15, -0.1) is 0 Å². The van der Waals surface area contributed by atoms with Crippen molar-refractivity contribution in [1.82, 2.24) is 0 Å². The summed E-state index contributed by atoms with van der Waals surface area (Å²) in [5.41, 5.74) is 2.54. The molecule has 2 heteroatoms. The maximum absolute atomic E-state index is 5.70. The highest BCUT2D eigenvalue weighted by Crippen LogP contribution is 2.16. The van der Waals surface area contributed by atoms with Gasteiger partial charge in [-0.05, 0) is 62.0 Å². The summed E-state index contributed by atoms with van der Waals surface area (Å²) in [4.78, 5) is 0. The van der Waals surface area contributed by atoms with E-state index in [1.165, 1.54) is 23.3 Å². The number of hydrogen-bond acceptors (Lipinski definition) is 2. The van der Waals surface area contributed by atoms with Crippen LogP contribution in [0.5, 0.6) is 5.75 Å². The Morgan fingerprint density at radius 3 is 2.33 bits per heavy atom. The number of aryl methyl sites for hydroxylation is 2. The smallest absolute Gasteiger partial charge is 0.119 e. The van der Waals surface area contributed by atoms with Crippen LogP contribution in [0, 0.1) is 13.8 Å². The van der Waals surface area contributed by atoms with E-state index in [-0.39, 0.29) is 0 Å². The maximum Gasteiger partial charge on any atom is 0.119 e. The standard InChI is InChI=1S/C13H20OS/c1-11-8-12(2)10-13(9-11)14-6-4-5-7-15-3/h8-10H,4-7H2,1-3H3. The van der Waals surface area contributed by atoms with Gasteiger partial charge in [-0.1, -0.05) is 6.07 Å². The summed E-state index contributed by atoms with van der Waals surface area (Å²) in [6.45, 7) is 5.05. The number of rotatable bonds is 6. The van der Waals surface area contributed by atoms with Gasteiger partial charge in [0.1, 0.15) is 5.75 Å². The molecule has 84 valence electrons. The molecule has 0 heterocycles. The van der Waals surface area contributed by atoms with E-state index >= 15 is 0 Å². The minimum atomic E-state index is 0.837. The van der Waals surface area contributed by atoms with E-state index in [1.54, 1.807) is 0 Å². The Bertz CT molecular complexity index is 276. The topological polar surface area (TPSA) is 9.23 Å². The molecule has 0 aliphatic heterocycles. The number of unbranched alkanes of at least 4 members (excludes halogenated alkanes) is 1. The fourth-order valence-corrected chi connectivity index (χ4v) is 2.05. The lowest BCUT2D eigenvalue weighted by Crippen LogP contribution is -1.98. The first-order chi connectivity index (χ1) is 7.22. The Labute approximate surface area is 97.2 Å². The number of thioether (sulfide) groups is 1. The first kappa shape index (κ1) is 12.4. The van der Waals surface area contributed by atoms with Crippen LogP contribution in [0.2, 0.25) is 0 Å². The first-order valence-electron chi connectivity index (χ1n) is 5.42. The molecule has 0 aliphatic rings. The zero-order chi connectivity index (χ0) is 11.1. The third kappa shape index (κ3) is 5.12. The molecule has 0 unspecified atom stereocenters. The number of benzene rings is 1. The van der Waals surface area contributed by atoms with Crippen molar-refractivity contribution < 1.29 is 4.74 Å². The molecule has 0 aromatic heterocycles. The van der Waals surface area contributed by atoms with E-state index in [2.05, 4.69) is 38.3 Å². The largest absolute Gasteiger partial charge is 0.494 e. The highest BCUT2D eigenvalue weighted by Gasteiger charge is 1.96. The molecule has 0 spiro atoms. The highest BCUT2D eigenvalue weighted by atomic mass is 32.2. The Morgan fingerprint density at radius 2 is 1.73 bits per heavy atom. The van der Waals surface area contributed by atoms with Gasteiger partial charge in [0.2, 0.25) is 0 Å². The summed E-state index contributed by atoms with van der Waals surface area (Å²) in [5, 5.41) is 0. The van der Waals surface area contributed by atoms with Crippen LogP contribution in [0.15, 0.2) is 18.2 Å². The van der Waals surface area contributed by atoms with Crippen molar-refractivity contribution in [1.29, 1.82) is 0 Å². The monoisotopic (exact) mass is 224 g/mol. The van der Waals surface area contributed by atoms with E-state index in [4.69, 9.17) is 4.74 Å².